The predicted octanol–water partition coefficient (Wildman–Crippen LogP) is 2.47. The number of fused-ring (bicyclic) bond motifs is 3. The smallest absolute Gasteiger partial charge is 0.233 e. The van der Waals surface area contributed by atoms with Crippen LogP contribution in [0.2, 0.25) is 0 Å². The van der Waals surface area contributed by atoms with Crippen molar-refractivity contribution in [1.29, 1.82) is 0 Å². The Morgan fingerprint density at radius 3 is 2.44 bits per heavy atom. The minimum atomic E-state index is -0.787. The van der Waals surface area contributed by atoms with Crippen LogP contribution >= 0.6 is 0 Å². The van der Waals surface area contributed by atoms with Gasteiger partial charge in [-0.25, -0.2) is 0 Å². The van der Waals surface area contributed by atoms with Crippen molar-refractivity contribution < 1.29 is 33.8 Å². The highest BCUT2D eigenvalue weighted by molar-refractivity contribution is 6.23. The van der Waals surface area contributed by atoms with Crippen LogP contribution < -0.4 is 9.47 Å². The second-order valence-electron chi connectivity index (χ2n) is 9.23. The number of aromatic hydroxyl groups is 1. The predicted molar refractivity (Wildman–Crippen MR) is 120 cm³/mol. The largest absolute Gasteiger partial charge is 0.507 e. The van der Waals surface area contributed by atoms with Crippen molar-refractivity contribution in [2.75, 3.05) is 21.3 Å². The van der Waals surface area contributed by atoms with Crippen LogP contribution in [0.1, 0.15) is 31.2 Å². The second-order valence-corrected chi connectivity index (χ2v) is 9.23. The fraction of sp³-hybridized carbons (Fsp3) is 0.385. The third-order valence-electron chi connectivity index (χ3n) is 7.62. The second kappa shape index (κ2) is 7.68. The summed E-state index contributed by atoms with van der Waals surface area (Å²) in [6.07, 6.45) is 3.77. The SMILES string of the molecule is COc1cc(O)c([C@H]2C3=CC[C@@H]4C(=O)N(C)C(=O)[C@@H]4[C@@H]3CC3=C2C(=O)C=C(C)C3=O)c(OC)c1. The Balaban J connectivity index is 1.77. The molecular formula is C26H25NO7. The lowest BCUT2D eigenvalue weighted by Gasteiger charge is -2.42. The Kier molecular flexibility index (Phi) is 5.00. The van der Waals surface area contributed by atoms with Gasteiger partial charge >= 0.3 is 0 Å². The van der Waals surface area contributed by atoms with Gasteiger partial charge < -0.3 is 14.6 Å². The van der Waals surface area contributed by atoms with Crippen molar-refractivity contribution in [2.24, 2.45) is 17.8 Å². The molecular weight excluding hydrogens is 438 g/mol. The van der Waals surface area contributed by atoms with Gasteiger partial charge in [-0.3, -0.25) is 24.1 Å². The minimum Gasteiger partial charge on any atom is -0.507 e. The zero-order valence-electron chi connectivity index (χ0n) is 19.4. The Morgan fingerprint density at radius 2 is 1.76 bits per heavy atom. The zero-order valence-corrected chi connectivity index (χ0v) is 19.4. The molecule has 8 heteroatoms. The maximum absolute atomic E-state index is 13.3. The van der Waals surface area contributed by atoms with E-state index in [0.717, 1.165) is 10.5 Å². The van der Waals surface area contributed by atoms with Crippen molar-refractivity contribution >= 4 is 23.4 Å². The molecule has 1 saturated heterocycles. The molecule has 5 rings (SSSR count). The Hall–Kier alpha value is -3.68. The molecule has 0 radical (unpaired) electrons. The average molecular weight is 463 g/mol. The standard InChI is InChI=1S/C26H25NO7/c1-11-7-17(28)21-16(24(11)30)10-15-13(5-6-14-20(15)26(32)27(2)25(14)31)22(21)23-18(29)8-12(33-3)9-19(23)34-4/h5,7-9,14-15,20,22,29H,6,10H2,1-4H3/t14-,15+,20-,22-/m0/s1. The Labute approximate surface area is 196 Å². The number of benzene rings is 1. The van der Waals surface area contributed by atoms with Gasteiger partial charge in [0.05, 0.1) is 26.1 Å². The first kappa shape index (κ1) is 22.1. The van der Waals surface area contributed by atoms with Gasteiger partial charge in [-0.15, -0.1) is 0 Å². The molecule has 1 aromatic rings. The highest BCUT2D eigenvalue weighted by Crippen LogP contribution is 2.57. The summed E-state index contributed by atoms with van der Waals surface area (Å²) in [6.45, 7) is 1.59. The molecule has 1 N–H and O–H groups in total. The van der Waals surface area contributed by atoms with E-state index in [0.29, 0.717) is 40.2 Å². The number of phenolic OH excluding ortho intramolecular Hbond substituents is 1. The number of carbonyl (C=O) groups excluding carboxylic acids is 4. The van der Waals surface area contributed by atoms with Gasteiger partial charge in [-0.1, -0.05) is 11.6 Å². The van der Waals surface area contributed by atoms with Crippen LogP contribution in [0, 0.1) is 17.8 Å². The van der Waals surface area contributed by atoms with Gasteiger partial charge in [-0.05, 0) is 31.8 Å². The number of rotatable bonds is 3. The number of carbonyl (C=O) groups is 4. The van der Waals surface area contributed by atoms with Crippen LogP contribution in [0.3, 0.4) is 0 Å². The van der Waals surface area contributed by atoms with E-state index in [1.54, 1.807) is 13.0 Å². The number of amides is 2. The summed E-state index contributed by atoms with van der Waals surface area (Å²) in [5, 5.41) is 11.0. The maximum atomic E-state index is 13.3. The fourth-order valence-electron chi connectivity index (χ4n) is 6.04. The number of allylic oxidation sites excluding steroid dienone is 6. The number of hydrogen-bond donors (Lipinski definition) is 1. The van der Waals surface area contributed by atoms with Crippen LogP contribution in [0.4, 0.5) is 0 Å². The van der Waals surface area contributed by atoms with Gasteiger partial charge in [0.2, 0.25) is 11.8 Å². The molecule has 3 aliphatic carbocycles. The van der Waals surface area contributed by atoms with Crippen LogP contribution in [-0.2, 0) is 19.2 Å². The molecule has 0 spiro atoms. The van der Waals surface area contributed by atoms with Crippen LogP contribution in [-0.4, -0.2) is 54.7 Å². The molecule has 4 aliphatic rings. The monoisotopic (exact) mass is 463 g/mol. The first-order valence-corrected chi connectivity index (χ1v) is 11.2. The molecule has 8 nitrogen and oxygen atoms in total. The third-order valence-corrected chi connectivity index (χ3v) is 7.62. The molecule has 0 saturated carbocycles. The van der Waals surface area contributed by atoms with Crippen molar-refractivity contribution in [3.63, 3.8) is 0 Å². The van der Waals surface area contributed by atoms with E-state index in [1.165, 1.54) is 33.4 Å². The van der Waals surface area contributed by atoms with E-state index >= 15 is 0 Å². The molecule has 1 heterocycles. The zero-order chi connectivity index (χ0) is 24.5. The lowest BCUT2D eigenvalue weighted by atomic mass is 9.59. The van der Waals surface area contributed by atoms with E-state index < -0.39 is 23.7 Å². The minimum absolute atomic E-state index is 0.144. The Bertz CT molecular complexity index is 1270. The van der Waals surface area contributed by atoms with Gasteiger partial charge in [0.15, 0.2) is 11.6 Å². The quantitative estimate of drug-likeness (QED) is 0.417. The Morgan fingerprint density at radius 1 is 1.03 bits per heavy atom. The van der Waals surface area contributed by atoms with E-state index in [4.69, 9.17) is 9.47 Å². The molecule has 2 amide bonds. The molecule has 1 aliphatic heterocycles. The third kappa shape index (κ3) is 2.90. The average Bonchev–Trinajstić information content (AvgIpc) is 3.05. The van der Waals surface area contributed by atoms with Crippen LogP contribution in [0.5, 0.6) is 17.2 Å². The van der Waals surface area contributed by atoms with E-state index in [1.807, 2.05) is 6.08 Å². The van der Waals surface area contributed by atoms with Crippen LogP contribution in [0.25, 0.3) is 0 Å². The molecule has 176 valence electrons. The van der Waals surface area contributed by atoms with Gasteiger partial charge in [0.1, 0.15) is 17.2 Å². The maximum Gasteiger partial charge on any atom is 0.233 e. The van der Waals surface area contributed by atoms with Crippen molar-refractivity contribution in [3.8, 4) is 17.2 Å². The van der Waals surface area contributed by atoms with E-state index in [2.05, 4.69) is 0 Å². The first-order chi connectivity index (χ1) is 16.2. The number of phenols is 1. The molecule has 1 fully saturated rings. The summed E-state index contributed by atoms with van der Waals surface area (Å²) in [4.78, 5) is 53.5. The van der Waals surface area contributed by atoms with Crippen molar-refractivity contribution in [3.05, 3.63) is 52.1 Å². The number of nitrogens with zero attached hydrogens (tertiary/aromatic N) is 1. The molecule has 0 unspecified atom stereocenters. The highest BCUT2D eigenvalue weighted by Gasteiger charge is 2.55. The topological polar surface area (TPSA) is 110 Å². The molecule has 4 atom stereocenters. The lowest BCUT2D eigenvalue weighted by Crippen LogP contribution is -2.39. The molecule has 0 bridgehead atoms. The summed E-state index contributed by atoms with van der Waals surface area (Å²) in [6, 6.07) is 3.04. The highest BCUT2D eigenvalue weighted by atomic mass is 16.5. The number of ketones is 2. The number of likely N-dealkylation sites (tertiary alicyclic amines) is 1. The number of imide groups is 1. The van der Waals surface area contributed by atoms with Crippen LogP contribution in [0.15, 0.2) is 46.6 Å². The summed E-state index contributed by atoms with van der Waals surface area (Å²) < 4.78 is 10.8. The summed E-state index contributed by atoms with van der Waals surface area (Å²) in [7, 11) is 4.39. The van der Waals surface area contributed by atoms with Gasteiger partial charge in [0.25, 0.3) is 0 Å². The fourth-order valence-corrected chi connectivity index (χ4v) is 6.04. The van der Waals surface area contributed by atoms with Gasteiger partial charge in [0, 0.05) is 47.4 Å². The lowest BCUT2D eigenvalue weighted by molar-refractivity contribution is -0.138. The molecule has 34 heavy (non-hydrogen) atoms. The number of Topliss-reactive ketones (excluding diaryl/α,β-unsaturated/α-hetero) is 1. The molecule has 1 aromatic carbocycles. The summed E-state index contributed by atoms with van der Waals surface area (Å²) >= 11 is 0. The summed E-state index contributed by atoms with van der Waals surface area (Å²) in [5.74, 6) is -2.88. The van der Waals surface area contributed by atoms with Crippen molar-refractivity contribution in [2.45, 2.75) is 25.7 Å². The van der Waals surface area contributed by atoms with Crippen molar-refractivity contribution in [1.82, 2.24) is 4.90 Å². The number of methoxy groups -OCH3 is 2. The number of hydrogen-bond acceptors (Lipinski definition) is 7. The summed E-state index contributed by atoms with van der Waals surface area (Å²) in [5.41, 5.74) is 2.05. The number of ether oxygens (including phenoxy) is 2. The van der Waals surface area contributed by atoms with Gasteiger partial charge in [-0.2, -0.15) is 0 Å². The first-order valence-electron chi connectivity index (χ1n) is 11.2. The normalized spacial score (nSPS) is 28.3. The van der Waals surface area contributed by atoms with E-state index in [-0.39, 0.29) is 35.6 Å². The van der Waals surface area contributed by atoms with E-state index in [9.17, 15) is 24.3 Å². The molecule has 0 aromatic heterocycles.